The molecule has 0 N–H and O–H groups in total. The Hall–Kier alpha value is -4.11. The van der Waals surface area contributed by atoms with Crippen molar-refractivity contribution in [1.82, 2.24) is 29.3 Å². The van der Waals surface area contributed by atoms with Crippen molar-refractivity contribution < 1.29 is 9.47 Å². The van der Waals surface area contributed by atoms with Gasteiger partial charge in [-0.1, -0.05) is 0 Å². The molecule has 0 spiro atoms. The van der Waals surface area contributed by atoms with Crippen LogP contribution in [0.15, 0.2) is 61.2 Å². The summed E-state index contributed by atoms with van der Waals surface area (Å²) >= 11 is 0. The highest BCUT2D eigenvalue weighted by atomic mass is 35.5. The third-order valence-corrected chi connectivity index (χ3v) is 6.15. The van der Waals surface area contributed by atoms with Gasteiger partial charge in [-0.3, -0.25) is 9.67 Å². The lowest BCUT2D eigenvalue weighted by molar-refractivity contribution is 0.394. The largest absolute Gasteiger partial charge is 0.497 e. The van der Waals surface area contributed by atoms with E-state index in [1.165, 1.54) is 0 Å². The van der Waals surface area contributed by atoms with E-state index >= 15 is 0 Å². The fourth-order valence-corrected chi connectivity index (χ4v) is 4.32. The van der Waals surface area contributed by atoms with E-state index in [4.69, 9.17) is 14.5 Å². The minimum Gasteiger partial charge on any atom is -0.497 e. The molecule has 0 saturated carbocycles. The van der Waals surface area contributed by atoms with Crippen molar-refractivity contribution in [3.63, 3.8) is 0 Å². The molecule has 3 aromatic heterocycles. The SMILES string of the molecule is COc1cc(OC)cc(N(CCn2cc(C)nc2C)c2ccc3ncc(-c4cnn(C)c4)nc3c2)c1.Cl. The van der Waals surface area contributed by atoms with Crippen LogP contribution >= 0.6 is 12.4 Å². The normalized spacial score (nSPS) is 10.8. The molecule has 2 aromatic carbocycles. The number of anilines is 2. The van der Waals surface area contributed by atoms with Gasteiger partial charge in [0, 0.05) is 67.7 Å². The van der Waals surface area contributed by atoms with E-state index in [9.17, 15) is 0 Å². The molecule has 0 aliphatic carbocycles. The Morgan fingerprint density at radius 1 is 0.865 bits per heavy atom. The second-order valence-electron chi connectivity index (χ2n) is 8.68. The number of fused-ring (bicyclic) bond motifs is 1. The lowest BCUT2D eigenvalue weighted by Gasteiger charge is -2.26. The molecule has 37 heavy (non-hydrogen) atoms. The number of rotatable bonds is 8. The predicted molar refractivity (Wildman–Crippen MR) is 147 cm³/mol. The minimum atomic E-state index is 0. The summed E-state index contributed by atoms with van der Waals surface area (Å²) in [5.41, 5.74) is 6.30. The molecular weight excluding hydrogens is 490 g/mol. The zero-order valence-corrected chi connectivity index (χ0v) is 22.4. The standard InChI is InChI=1S/C27H29N7O2.ClH/c1-18-16-33(19(2)30-18)8-9-34(22-10-23(35-4)13-24(11-22)36-5)21-6-7-25-26(12-21)31-27(15-28-25)20-14-29-32(3)17-20;/h6-7,10-17H,8-9H2,1-5H3;1H. The van der Waals surface area contributed by atoms with Crippen LogP contribution in [0.5, 0.6) is 11.5 Å². The van der Waals surface area contributed by atoms with E-state index < -0.39 is 0 Å². The number of nitrogens with zero attached hydrogens (tertiary/aromatic N) is 7. The molecule has 192 valence electrons. The fraction of sp³-hybridized carbons (Fsp3) is 0.259. The van der Waals surface area contributed by atoms with Gasteiger partial charge in [-0.2, -0.15) is 5.10 Å². The van der Waals surface area contributed by atoms with E-state index in [1.54, 1.807) is 31.3 Å². The molecule has 0 unspecified atom stereocenters. The number of hydrogen-bond donors (Lipinski definition) is 0. The molecule has 0 atom stereocenters. The molecule has 0 fully saturated rings. The van der Waals surface area contributed by atoms with E-state index in [1.807, 2.05) is 51.4 Å². The van der Waals surface area contributed by atoms with Crippen molar-refractivity contribution in [1.29, 1.82) is 0 Å². The Morgan fingerprint density at radius 2 is 1.62 bits per heavy atom. The number of aromatic nitrogens is 6. The highest BCUT2D eigenvalue weighted by molar-refractivity contribution is 5.85. The lowest BCUT2D eigenvalue weighted by atomic mass is 10.2. The lowest BCUT2D eigenvalue weighted by Crippen LogP contribution is -2.23. The van der Waals surface area contributed by atoms with Gasteiger partial charge < -0.3 is 18.9 Å². The van der Waals surface area contributed by atoms with Crippen molar-refractivity contribution in [3.8, 4) is 22.8 Å². The van der Waals surface area contributed by atoms with Gasteiger partial charge in [0.05, 0.1) is 49.0 Å². The first-order valence-corrected chi connectivity index (χ1v) is 11.7. The third kappa shape index (κ3) is 5.51. The Morgan fingerprint density at radius 3 is 2.24 bits per heavy atom. The van der Waals surface area contributed by atoms with Crippen molar-refractivity contribution in [3.05, 3.63) is 72.7 Å². The maximum atomic E-state index is 5.55. The van der Waals surface area contributed by atoms with Gasteiger partial charge in [0.2, 0.25) is 0 Å². The van der Waals surface area contributed by atoms with E-state index in [-0.39, 0.29) is 12.4 Å². The van der Waals surface area contributed by atoms with Crippen molar-refractivity contribution >= 4 is 34.8 Å². The highest BCUT2D eigenvalue weighted by Crippen LogP contribution is 2.34. The molecule has 9 nitrogen and oxygen atoms in total. The maximum Gasteiger partial charge on any atom is 0.124 e. The minimum absolute atomic E-state index is 0. The second-order valence-corrected chi connectivity index (χ2v) is 8.68. The van der Waals surface area contributed by atoms with Crippen LogP contribution in [0, 0.1) is 13.8 Å². The van der Waals surface area contributed by atoms with Gasteiger partial charge in [-0.05, 0) is 32.0 Å². The number of ether oxygens (including phenoxy) is 2. The van der Waals surface area contributed by atoms with E-state index in [0.717, 1.165) is 63.2 Å². The molecule has 0 aliphatic rings. The summed E-state index contributed by atoms with van der Waals surface area (Å²) in [5.74, 6) is 2.44. The average Bonchev–Trinajstić information content (AvgIpc) is 3.47. The summed E-state index contributed by atoms with van der Waals surface area (Å²) in [4.78, 5) is 16.3. The Labute approximate surface area is 222 Å². The average molecular weight is 520 g/mol. The van der Waals surface area contributed by atoms with E-state index in [2.05, 4.69) is 42.9 Å². The summed E-state index contributed by atoms with van der Waals surface area (Å²) in [6.07, 6.45) is 7.59. The number of halogens is 1. The Balaban J connectivity index is 0.00000320. The molecule has 3 heterocycles. The number of imidazole rings is 1. The summed E-state index contributed by atoms with van der Waals surface area (Å²) in [6, 6.07) is 12.0. The van der Waals surface area contributed by atoms with Gasteiger partial charge in [-0.25, -0.2) is 9.97 Å². The van der Waals surface area contributed by atoms with E-state index in [0.29, 0.717) is 6.54 Å². The molecule has 10 heteroatoms. The van der Waals surface area contributed by atoms with Crippen molar-refractivity contribution in [2.45, 2.75) is 20.4 Å². The van der Waals surface area contributed by atoms with Gasteiger partial charge in [0.1, 0.15) is 17.3 Å². The van der Waals surface area contributed by atoms with Crippen LogP contribution in [0.25, 0.3) is 22.3 Å². The summed E-state index contributed by atoms with van der Waals surface area (Å²) in [5, 5.41) is 4.26. The molecule has 5 aromatic rings. The predicted octanol–water partition coefficient (Wildman–Crippen LogP) is 5.12. The monoisotopic (exact) mass is 519 g/mol. The van der Waals surface area contributed by atoms with Crippen molar-refractivity contribution in [2.75, 3.05) is 25.7 Å². The quantitative estimate of drug-likeness (QED) is 0.281. The topological polar surface area (TPSA) is 83.1 Å². The number of benzene rings is 2. The molecule has 0 bridgehead atoms. The van der Waals surface area contributed by atoms with Crippen LogP contribution in [0.2, 0.25) is 0 Å². The van der Waals surface area contributed by atoms with Crippen LogP contribution in [0.4, 0.5) is 11.4 Å². The molecule has 0 amide bonds. The number of aryl methyl sites for hydroxylation is 3. The molecule has 0 saturated heterocycles. The van der Waals surface area contributed by atoms with Gasteiger partial charge in [0.25, 0.3) is 0 Å². The highest BCUT2D eigenvalue weighted by Gasteiger charge is 2.15. The smallest absolute Gasteiger partial charge is 0.124 e. The zero-order chi connectivity index (χ0) is 25.2. The van der Waals surface area contributed by atoms with Gasteiger partial charge in [0.15, 0.2) is 0 Å². The van der Waals surface area contributed by atoms with Crippen molar-refractivity contribution in [2.24, 2.45) is 7.05 Å². The van der Waals surface area contributed by atoms with Crippen LogP contribution < -0.4 is 14.4 Å². The first-order chi connectivity index (χ1) is 17.4. The third-order valence-electron chi connectivity index (χ3n) is 6.15. The first-order valence-electron chi connectivity index (χ1n) is 11.7. The summed E-state index contributed by atoms with van der Waals surface area (Å²) in [7, 11) is 5.21. The first kappa shape index (κ1) is 26.0. The number of hydrogen-bond acceptors (Lipinski definition) is 7. The molecule has 5 rings (SSSR count). The summed E-state index contributed by atoms with van der Waals surface area (Å²) < 4.78 is 15.0. The molecular formula is C27H30ClN7O2. The van der Waals surface area contributed by atoms with Gasteiger partial charge >= 0.3 is 0 Å². The second kappa shape index (κ2) is 10.9. The number of methoxy groups -OCH3 is 2. The van der Waals surface area contributed by atoms with Gasteiger partial charge in [-0.15, -0.1) is 12.4 Å². The zero-order valence-electron chi connectivity index (χ0n) is 21.5. The summed E-state index contributed by atoms with van der Waals surface area (Å²) in [6.45, 7) is 5.49. The fourth-order valence-electron chi connectivity index (χ4n) is 4.32. The Kier molecular flexibility index (Phi) is 7.63. The van der Waals surface area contributed by atoms with Crippen LogP contribution in [-0.4, -0.2) is 50.1 Å². The van der Waals surface area contributed by atoms with Crippen LogP contribution in [0.3, 0.4) is 0 Å². The molecule has 0 aliphatic heterocycles. The Bertz CT molecular complexity index is 1510. The van der Waals surface area contributed by atoms with Crippen LogP contribution in [0.1, 0.15) is 11.5 Å². The molecule has 0 radical (unpaired) electrons. The van der Waals surface area contributed by atoms with Crippen LogP contribution in [-0.2, 0) is 13.6 Å². The maximum absolute atomic E-state index is 5.55.